The maximum atomic E-state index is 13.1. The van der Waals surface area contributed by atoms with Crippen molar-refractivity contribution in [2.24, 2.45) is 5.73 Å². The van der Waals surface area contributed by atoms with Crippen molar-refractivity contribution in [2.45, 2.75) is 50.7 Å². The van der Waals surface area contributed by atoms with Gasteiger partial charge in [-0.3, -0.25) is 4.79 Å². The number of rotatable bonds is 6. The number of anilines is 1. The summed E-state index contributed by atoms with van der Waals surface area (Å²) in [5.74, 6) is -0.610. The van der Waals surface area contributed by atoms with Crippen LogP contribution in [0.5, 0.6) is 0 Å². The van der Waals surface area contributed by atoms with E-state index >= 15 is 0 Å². The minimum absolute atomic E-state index is 0.252. The summed E-state index contributed by atoms with van der Waals surface area (Å²) in [5, 5.41) is 4.29. The number of fused-ring (bicyclic) bond motifs is 1. The van der Waals surface area contributed by atoms with Crippen molar-refractivity contribution in [3.05, 3.63) is 64.8 Å². The second-order valence-corrected chi connectivity index (χ2v) is 10.0. The van der Waals surface area contributed by atoms with Gasteiger partial charge in [0.1, 0.15) is 5.82 Å². The number of nitrogens with zero attached hydrogens (tertiary/aromatic N) is 1. The van der Waals surface area contributed by atoms with Gasteiger partial charge in [-0.15, -0.1) is 11.3 Å². The largest absolute Gasteiger partial charge is 0.334 e. The van der Waals surface area contributed by atoms with E-state index in [2.05, 4.69) is 47.1 Å². The highest BCUT2D eigenvalue weighted by Gasteiger charge is 2.36. The molecule has 0 saturated heterocycles. The normalized spacial score (nSPS) is 21.2. The average molecular weight is 458 g/mol. The molecular weight excluding hydrogens is 429 g/mol. The van der Waals surface area contributed by atoms with Crippen molar-refractivity contribution < 1.29 is 9.18 Å². The first-order valence-corrected chi connectivity index (χ1v) is 12.6. The van der Waals surface area contributed by atoms with Crippen LogP contribution in [0.1, 0.15) is 47.8 Å². The number of halogens is 1. The smallest absolute Gasteiger partial charge is 0.252 e. The molecule has 0 aliphatic heterocycles. The molecule has 2 aromatic carbocycles. The zero-order chi connectivity index (χ0) is 22.0. The van der Waals surface area contributed by atoms with Gasteiger partial charge < -0.3 is 15.4 Å². The number of amides is 1. The van der Waals surface area contributed by atoms with Gasteiger partial charge in [0.15, 0.2) is 0 Å². The van der Waals surface area contributed by atoms with E-state index in [1.54, 1.807) is 11.9 Å². The van der Waals surface area contributed by atoms with Crippen LogP contribution in [0.3, 0.4) is 0 Å². The summed E-state index contributed by atoms with van der Waals surface area (Å²) in [7, 11) is 0. The Morgan fingerprint density at radius 2 is 1.97 bits per heavy atom. The Kier molecular flexibility index (Phi) is 6.55. The molecule has 0 atom stereocenters. The van der Waals surface area contributed by atoms with E-state index in [0.29, 0.717) is 24.4 Å². The summed E-state index contributed by atoms with van der Waals surface area (Å²) >= 11 is 3.61. The summed E-state index contributed by atoms with van der Waals surface area (Å²) in [6.07, 6.45) is 6.34. The lowest BCUT2D eigenvalue weighted by Crippen LogP contribution is -2.59. The van der Waals surface area contributed by atoms with Gasteiger partial charge in [0.25, 0.3) is 5.91 Å². The Labute approximate surface area is 191 Å². The van der Waals surface area contributed by atoms with Crippen LogP contribution in [-0.2, 0) is 6.42 Å². The van der Waals surface area contributed by atoms with Crippen LogP contribution in [0.2, 0.25) is 0 Å². The fraction of sp³-hybridized carbons (Fsp3) is 0.375. The lowest BCUT2D eigenvalue weighted by molar-refractivity contribution is 0.0869. The molecule has 164 valence electrons. The summed E-state index contributed by atoms with van der Waals surface area (Å²) in [4.78, 5) is 14.0. The van der Waals surface area contributed by atoms with Crippen LogP contribution >= 0.6 is 23.3 Å². The number of aryl methyl sites for hydroxylation is 1. The van der Waals surface area contributed by atoms with Crippen molar-refractivity contribution in [2.75, 3.05) is 10.6 Å². The Morgan fingerprint density at radius 3 is 2.61 bits per heavy atom. The number of nitrogens with two attached hydrogens (primary N) is 1. The zero-order valence-electron chi connectivity index (χ0n) is 17.9. The van der Waals surface area contributed by atoms with Crippen molar-refractivity contribution >= 4 is 45.0 Å². The Morgan fingerprint density at radius 1 is 1.26 bits per heavy atom. The van der Waals surface area contributed by atoms with Gasteiger partial charge in [-0.2, -0.15) is 0 Å². The molecule has 3 aromatic rings. The van der Waals surface area contributed by atoms with Gasteiger partial charge in [0.2, 0.25) is 0 Å². The summed E-state index contributed by atoms with van der Waals surface area (Å²) in [6, 6.07) is 14.8. The number of benzene rings is 2. The number of thiophene rings is 1. The van der Waals surface area contributed by atoms with Gasteiger partial charge in [-0.05, 0) is 74.6 Å². The lowest BCUT2D eigenvalue weighted by Gasteiger charge is -2.42. The number of nitrogens with one attached hydrogen (secondary N) is 1. The molecule has 1 fully saturated rings. The van der Waals surface area contributed by atoms with Crippen molar-refractivity contribution in [1.82, 2.24) is 5.32 Å². The number of carbonyl (C=O) groups excluding carboxylic acids is 1. The molecule has 0 bridgehead atoms. The van der Waals surface area contributed by atoms with Gasteiger partial charge >= 0.3 is 0 Å². The Hall–Kier alpha value is -2.09. The Balaban J connectivity index is 1.46. The van der Waals surface area contributed by atoms with Crippen molar-refractivity contribution in [3.63, 3.8) is 0 Å². The fourth-order valence-electron chi connectivity index (χ4n) is 4.29. The second-order valence-electron chi connectivity index (χ2n) is 8.11. The maximum Gasteiger partial charge on any atom is 0.252 e. The first-order valence-electron chi connectivity index (χ1n) is 10.6. The number of hydrogen-bond acceptors (Lipinski definition) is 5. The molecule has 31 heavy (non-hydrogen) atoms. The molecule has 0 spiro atoms. The molecule has 1 heterocycles. The minimum Gasteiger partial charge on any atom is -0.334 e. The standard InChI is InChI=1S/C24H28FN3OS2/c1-3-19-15-20-21(5-4-6-22(20)31-19)28(30-2)18-11-13-24(26,14-12-18)27-23(29)16-7-9-17(25)10-8-16/h4-10,15,18H,3,11-14,26H2,1-2H3,(H,27,29). The van der Waals surface area contributed by atoms with E-state index in [4.69, 9.17) is 5.73 Å². The average Bonchev–Trinajstić information content (AvgIpc) is 3.20. The quantitative estimate of drug-likeness (QED) is 0.367. The topological polar surface area (TPSA) is 58.4 Å². The van der Waals surface area contributed by atoms with Gasteiger partial charge in [0, 0.05) is 32.8 Å². The summed E-state index contributed by atoms with van der Waals surface area (Å²) in [6.45, 7) is 2.19. The van der Waals surface area contributed by atoms with E-state index in [9.17, 15) is 9.18 Å². The monoisotopic (exact) mass is 457 g/mol. The van der Waals surface area contributed by atoms with Crippen LogP contribution in [0.4, 0.5) is 10.1 Å². The molecule has 1 aliphatic carbocycles. The first-order chi connectivity index (χ1) is 14.9. The van der Waals surface area contributed by atoms with Crippen LogP contribution in [0.25, 0.3) is 10.1 Å². The van der Waals surface area contributed by atoms with Crippen LogP contribution in [0, 0.1) is 5.82 Å². The van der Waals surface area contributed by atoms with Crippen LogP contribution < -0.4 is 15.4 Å². The SMILES string of the molecule is CCc1cc2c(N(SC)C3CCC(N)(NC(=O)c4ccc(F)cc4)CC3)cccc2s1. The van der Waals surface area contributed by atoms with E-state index in [0.717, 1.165) is 19.3 Å². The molecule has 1 aliphatic rings. The van der Waals surface area contributed by atoms with E-state index in [-0.39, 0.29) is 11.7 Å². The summed E-state index contributed by atoms with van der Waals surface area (Å²) in [5.41, 5.74) is 7.49. The highest BCUT2D eigenvalue weighted by molar-refractivity contribution is 8.00. The van der Waals surface area contributed by atoms with E-state index in [1.165, 1.54) is 44.9 Å². The fourth-order valence-corrected chi connectivity index (χ4v) is 6.17. The van der Waals surface area contributed by atoms with Crippen LogP contribution in [0.15, 0.2) is 48.5 Å². The molecule has 7 heteroatoms. The third-order valence-corrected chi connectivity index (χ3v) is 8.15. The molecule has 4 nitrogen and oxygen atoms in total. The second kappa shape index (κ2) is 9.18. The highest BCUT2D eigenvalue weighted by Crippen LogP contribution is 2.40. The predicted molar refractivity (Wildman–Crippen MR) is 130 cm³/mol. The molecular formula is C24H28FN3OS2. The maximum absolute atomic E-state index is 13.1. The minimum atomic E-state index is -0.740. The Bertz CT molecular complexity index is 1060. The van der Waals surface area contributed by atoms with Crippen LogP contribution in [-0.4, -0.2) is 23.9 Å². The molecule has 1 saturated carbocycles. The summed E-state index contributed by atoms with van der Waals surface area (Å²) < 4.78 is 16.9. The van der Waals surface area contributed by atoms with E-state index in [1.807, 2.05) is 11.3 Å². The third-order valence-electron chi connectivity index (χ3n) is 6.02. The highest BCUT2D eigenvalue weighted by atomic mass is 32.2. The van der Waals surface area contributed by atoms with Gasteiger partial charge in [-0.25, -0.2) is 4.39 Å². The number of carbonyl (C=O) groups is 1. The third kappa shape index (κ3) is 4.73. The molecule has 0 unspecified atom stereocenters. The zero-order valence-corrected chi connectivity index (χ0v) is 19.5. The number of hydrogen-bond donors (Lipinski definition) is 2. The van der Waals surface area contributed by atoms with E-state index < -0.39 is 5.66 Å². The molecule has 4 rings (SSSR count). The van der Waals surface area contributed by atoms with Gasteiger partial charge in [0.05, 0.1) is 11.4 Å². The first kappa shape index (κ1) is 22.1. The molecule has 3 N–H and O–H groups in total. The van der Waals surface area contributed by atoms with Gasteiger partial charge in [-0.1, -0.05) is 24.9 Å². The van der Waals surface area contributed by atoms with Crippen molar-refractivity contribution in [3.8, 4) is 0 Å². The lowest BCUT2D eigenvalue weighted by atomic mass is 9.85. The molecule has 0 radical (unpaired) electrons. The molecule has 1 amide bonds. The molecule has 1 aromatic heterocycles. The van der Waals surface area contributed by atoms with Crippen molar-refractivity contribution in [1.29, 1.82) is 0 Å². The predicted octanol–water partition coefficient (Wildman–Crippen LogP) is 5.71.